The number of hydrogen-bond acceptors (Lipinski definition) is 2. The van der Waals surface area contributed by atoms with Crippen molar-refractivity contribution >= 4 is 5.91 Å². The Morgan fingerprint density at radius 2 is 1.33 bits per heavy atom. The highest BCUT2D eigenvalue weighted by atomic mass is 16.3. The van der Waals surface area contributed by atoms with E-state index in [2.05, 4.69) is 23.5 Å². The van der Waals surface area contributed by atoms with Crippen LogP contribution < -0.4 is 5.32 Å². The van der Waals surface area contributed by atoms with Crippen molar-refractivity contribution in [3.05, 3.63) is 137 Å². The van der Waals surface area contributed by atoms with Crippen LogP contribution in [0, 0.1) is 0 Å². The van der Waals surface area contributed by atoms with E-state index in [4.69, 9.17) is 0 Å². The number of aromatic hydroxyl groups is 1. The number of amides is 1. The summed E-state index contributed by atoms with van der Waals surface area (Å²) in [5.41, 5.74) is 5.01. The van der Waals surface area contributed by atoms with Crippen LogP contribution in [0.1, 0.15) is 52.1 Å². The highest BCUT2D eigenvalue weighted by Crippen LogP contribution is 2.44. The molecule has 3 nitrogen and oxygen atoms in total. The maximum absolute atomic E-state index is 13.9. The van der Waals surface area contributed by atoms with E-state index in [-0.39, 0.29) is 23.6 Å². The van der Waals surface area contributed by atoms with Crippen molar-refractivity contribution in [2.45, 2.75) is 30.7 Å². The lowest BCUT2D eigenvalue weighted by Crippen LogP contribution is -2.38. The first kappa shape index (κ1) is 21.0. The van der Waals surface area contributed by atoms with E-state index < -0.39 is 5.92 Å². The second-order valence-corrected chi connectivity index (χ2v) is 8.65. The molecule has 4 aromatic carbocycles. The van der Waals surface area contributed by atoms with Crippen molar-refractivity contribution in [3.8, 4) is 5.75 Å². The van der Waals surface area contributed by atoms with Crippen molar-refractivity contribution in [2.75, 3.05) is 0 Å². The summed E-state index contributed by atoms with van der Waals surface area (Å²) in [5, 5.41) is 14.2. The maximum atomic E-state index is 13.9. The Hall–Kier alpha value is -3.85. The van der Waals surface area contributed by atoms with Gasteiger partial charge in [-0.05, 0) is 41.2 Å². The van der Waals surface area contributed by atoms with Gasteiger partial charge in [0, 0.05) is 11.5 Å². The number of carbonyl (C=O) groups is 1. The van der Waals surface area contributed by atoms with Crippen LogP contribution in [0.3, 0.4) is 0 Å². The lowest BCUT2D eigenvalue weighted by Gasteiger charge is -2.36. The van der Waals surface area contributed by atoms with E-state index in [9.17, 15) is 9.90 Å². The van der Waals surface area contributed by atoms with Gasteiger partial charge < -0.3 is 10.4 Å². The van der Waals surface area contributed by atoms with Gasteiger partial charge in [0.25, 0.3) is 0 Å². The topological polar surface area (TPSA) is 49.3 Å². The third-order valence-electron chi connectivity index (χ3n) is 6.66. The van der Waals surface area contributed by atoms with Crippen LogP contribution in [0.2, 0.25) is 0 Å². The molecule has 1 aliphatic rings. The second-order valence-electron chi connectivity index (χ2n) is 8.65. The number of phenols is 1. The van der Waals surface area contributed by atoms with Gasteiger partial charge in [0.15, 0.2) is 0 Å². The molecule has 0 fully saturated rings. The summed E-state index contributed by atoms with van der Waals surface area (Å²) in [5.74, 6) is -0.160. The largest absolute Gasteiger partial charge is 0.508 e. The van der Waals surface area contributed by atoms with Crippen LogP contribution in [-0.2, 0) is 11.2 Å². The maximum Gasteiger partial charge on any atom is 0.232 e. The molecule has 2 atom stereocenters. The van der Waals surface area contributed by atoms with Crippen molar-refractivity contribution in [3.63, 3.8) is 0 Å². The van der Waals surface area contributed by atoms with Crippen LogP contribution in [0.25, 0.3) is 0 Å². The van der Waals surface area contributed by atoms with Gasteiger partial charge >= 0.3 is 0 Å². The number of aryl methyl sites for hydroxylation is 1. The minimum absolute atomic E-state index is 0.0607. The molecule has 0 aromatic heterocycles. The van der Waals surface area contributed by atoms with E-state index in [1.807, 2.05) is 84.9 Å². The van der Waals surface area contributed by atoms with Crippen LogP contribution in [0.5, 0.6) is 5.75 Å². The first-order chi connectivity index (χ1) is 16.2. The number of benzene rings is 4. The normalized spacial score (nSPS) is 17.4. The molecule has 33 heavy (non-hydrogen) atoms. The zero-order valence-corrected chi connectivity index (χ0v) is 18.4. The van der Waals surface area contributed by atoms with Gasteiger partial charge in [-0.15, -0.1) is 0 Å². The molecule has 2 N–H and O–H groups in total. The molecule has 4 aromatic rings. The molecule has 3 heteroatoms. The monoisotopic (exact) mass is 433 g/mol. The standard InChI is InChI=1S/C30H27NO2/c32-26-18-10-17-24-19-20-25(21-11-4-1-5-12-21)29(28(24)26)31-30(33)27(22-13-6-2-7-14-22)23-15-8-3-9-16-23/h1-18,25,27,29,32H,19-20H2,(H,31,33)/t25-,29+/m1/s1. The molecule has 0 heterocycles. The molecule has 5 rings (SSSR count). The Labute approximate surface area is 194 Å². The van der Waals surface area contributed by atoms with E-state index in [0.29, 0.717) is 0 Å². The van der Waals surface area contributed by atoms with Crippen molar-refractivity contribution in [1.29, 1.82) is 0 Å². The molecular formula is C30H27NO2. The average Bonchev–Trinajstić information content (AvgIpc) is 2.86. The molecule has 0 bridgehead atoms. The van der Waals surface area contributed by atoms with Crippen molar-refractivity contribution < 1.29 is 9.90 Å². The number of fused-ring (bicyclic) bond motifs is 1. The van der Waals surface area contributed by atoms with Gasteiger partial charge in [0.1, 0.15) is 5.75 Å². The summed E-state index contributed by atoms with van der Waals surface area (Å²) in [6, 6.07) is 35.4. The summed E-state index contributed by atoms with van der Waals surface area (Å²) >= 11 is 0. The van der Waals surface area contributed by atoms with Gasteiger partial charge in [-0.1, -0.05) is 103 Å². The Bertz CT molecular complexity index is 1180. The van der Waals surface area contributed by atoms with E-state index >= 15 is 0 Å². The lowest BCUT2D eigenvalue weighted by atomic mass is 9.75. The van der Waals surface area contributed by atoms with Crippen molar-refractivity contribution in [2.24, 2.45) is 0 Å². The molecule has 164 valence electrons. The predicted octanol–water partition coefficient (Wildman–Crippen LogP) is 6.11. The zero-order chi connectivity index (χ0) is 22.6. The van der Waals surface area contributed by atoms with E-state index in [0.717, 1.165) is 35.1 Å². The summed E-state index contributed by atoms with van der Waals surface area (Å²) in [7, 11) is 0. The molecule has 0 radical (unpaired) electrons. The van der Waals surface area contributed by atoms with Crippen molar-refractivity contribution in [1.82, 2.24) is 5.32 Å². The minimum atomic E-state index is -0.431. The number of phenolic OH excluding ortho intramolecular Hbond substituents is 1. The number of carbonyl (C=O) groups excluding carboxylic acids is 1. The Kier molecular flexibility index (Phi) is 5.95. The van der Waals surface area contributed by atoms with Gasteiger partial charge in [0.05, 0.1) is 12.0 Å². The molecule has 0 saturated heterocycles. The minimum Gasteiger partial charge on any atom is -0.508 e. The molecule has 0 unspecified atom stereocenters. The third kappa shape index (κ3) is 4.27. The Morgan fingerprint density at radius 1 is 0.758 bits per heavy atom. The first-order valence-electron chi connectivity index (χ1n) is 11.5. The fourth-order valence-corrected chi connectivity index (χ4v) is 5.11. The molecule has 0 aliphatic heterocycles. The van der Waals surface area contributed by atoms with E-state index in [1.165, 1.54) is 5.56 Å². The highest BCUT2D eigenvalue weighted by Gasteiger charge is 2.35. The lowest BCUT2D eigenvalue weighted by molar-refractivity contribution is -0.122. The summed E-state index contributed by atoms with van der Waals surface area (Å²) < 4.78 is 0. The van der Waals surface area contributed by atoms with Crippen LogP contribution in [-0.4, -0.2) is 11.0 Å². The Morgan fingerprint density at radius 3 is 1.94 bits per heavy atom. The second kappa shape index (κ2) is 9.33. The number of rotatable bonds is 5. The van der Waals surface area contributed by atoms with Gasteiger partial charge in [-0.2, -0.15) is 0 Å². The zero-order valence-electron chi connectivity index (χ0n) is 18.4. The number of nitrogens with one attached hydrogen (secondary N) is 1. The van der Waals surface area contributed by atoms with Gasteiger partial charge in [-0.25, -0.2) is 0 Å². The van der Waals surface area contributed by atoms with Crippen LogP contribution >= 0.6 is 0 Å². The SMILES string of the molecule is O=C(N[C@@H]1c2c(O)cccc2CC[C@@H]1c1ccccc1)C(c1ccccc1)c1ccccc1. The molecule has 0 spiro atoms. The molecular weight excluding hydrogens is 406 g/mol. The summed E-state index contributed by atoms with van der Waals surface area (Å²) in [6.07, 6.45) is 1.78. The molecule has 1 amide bonds. The van der Waals surface area contributed by atoms with E-state index in [1.54, 1.807) is 6.07 Å². The summed E-state index contributed by atoms with van der Waals surface area (Å²) in [4.78, 5) is 13.9. The molecule has 1 aliphatic carbocycles. The van der Waals surface area contributed by atoms with Gasteiger partial charge in [-0.3, -0.25) is 4.79 Å². The smallest absolute Gasteiger partial charge is 0.232 e. The fraction of sp³-hybridized carbons (Fsp3) is 0.167. The predicted molar refractivity (Wildman–Crippen MR) is 131 cm³/mol. The van der Waals surface area contributed by atoms with Crippen LogP contribution in [0.15, 0.2) is 109 Å². The molecule has 0 saturated carbocycles. The highest BCUT2D eigenvalue weighted by molar-refractivity contribution is 5.87. The third-order valence-corrected chi connectivity index (χ3v) is 6.66. The first-order valence-corrected chi connectivity index (χ1v) is 11.5. The average molecular weight is 434 g/mol. The quantitative estimate of drug-likeness (QED) is 0.399. The summed E-state index contributed by atoms with van der Waals surface area (Å²) in [6.45, 7) is 0. The van der Waals surface area contributed by atoms with Gasteiger partial charge in [0.2, 0.25) is 5.91 Å². The fourth-order valence-electron chi connectivity index (χ4n) is 5.11. The van der Waals surface area contributed by atoms with Crippen LogP contribution in [0.4, 0.5) is 0 Å². The Balaban J connectivity index is 1.56. The number of hydrogen-bond donors (Lipinski definition) is 2.